The van der Waals surface area contributed by atoms with Gasteiger partial charge in [-0.25, -0.2) is 8.42 Å². The van der Waals surface area contributed by atoms with E-state index in [4.69, 9.17) is 0 Å². The van der Waals surface area contributed by atoms with Crippen LogP contribution in [0.4, 0.5) is 0 Å². The lowest BCUT2D eigenvalue weighted by Crippen LogP contribution is -2.50. The van der Waals surface area contributed by atoms with Crippen LogP contribution in [0.2, 0.25) is 0 Å². The molecule has 0 aromatic carbocycles. The van der Waals surface area contributed by atoms with E-state index >= 15 is 0 Å². The van der Waals surface area contributed by atoms with Crippen LogP contribution in [0.15, 0.2) is 0 Å². The Kier molecular flexibility index (Phi) is 3.26. The van der Waals surface area contributed by atoms with Crippen LogP contribution in [0, 0.1) is 5.92 Å². The van der Waals surface area contributed by atoms with Gasteiger partial charge < -0.3 is 4.90 Å². The number of hydrogen-bond acceptors (Lipinski definition) is 4. The Morgan fingerprint density at radius 2 is 1.95 bits per heavy atom. The summed E-state index contributed by atoms with van der Waals surface area (Å²) < 4.78 is 22.8. The number of nitrogens with one attached hydrogen (secondary N) is 1. The third-order valence-corrected chi connectivity index (χ3v) is 6.50. The van der Waals surface area contributed by atoms with Crippen molar-refractivity contribution in [1.82, 2.24) is 10.2 Å². The van der Waals surface area contributed by atoms with Gasteiger partial charge in [0.2, 0.25) is 5.91 Å². The maximum absolute atomic E-state index is 12.5. The monoisotopic (exact) mass is 288 g/mol. The van der Waals surface area contributed by atoms with Gasteiger partial charge in [-0.15, -0.1) is 0 Å². The van der Waals surface area contributed by atoms with Gasteiger partial charge in [0, 0.05) is 12.8 Å². The fraction of sp³-hybridized carbons (Fsp3) is 0.923. The van der Waals surface area contributed by atoms with Crippen molar-refractivity contribution in [3.05, 3.63) is 0 Å². The first-order chi connectivity index (χ1) is 8.50. The normalized spacial score (nSPS) is 26.5. The fourth-order valence-corrected chi connectivity index (χ4v) is 2.90. The van der Waals surface area contributed by atoms with Crippen molar-refractivity contribution in [2.24, 2.45) is 5.92 Å². The molecule has 1 saturated carbocycles. The molecule has 2 rings (SSSR count). The van der Waals surface area contributed by atoms with Crippen molar-refractivity contribution >= 4 is 15.7 Å². The third kappa shape index (κ3) is 2.40. The number of amides is 1. The molecule has 1 saturated heterocycles. The third-order valence-electron chi connectivity index (χ3n) is 4.37. The molecule has 0 bridgehead atoms. The van der Waals surface area contributed by atoms with Gasteiger partial charge in [-0.1, -0.05) is 13.8 Å². The van der Waals surface area contributed by atoms with Crippen LogP contribution in [0.25, 0.3) is 0 Å². The minimum atomic E-state index is -3.20. The second-order valence-electron chi connectivity index (χ2n) is 6.88. The smallest absolute Gasteiger partial charge is 0.244 e. The molecule has 0 radical (unpaired) electrons. The van der Waals surface area contributed by atoms with Crippen LogP contribution in [-0.2, 0) is 14.6 Å². The Labute approximate surface area is 115 Å². The second kappa shape index (κ2) is 4.19. The van der Waals surface area contributed by atoms with E-state index in [1.807, 2.05) is 13.8 Å². The summed E-state index contributed by atoms with van der Waals surface area (Å²) in [5.41, 5.74) is -0.386. The summed E-state index contributed by atoms with van der Waals surface area (Å²) in [6, 6.07) is 0. The van der Waals surface area contributed by atoms with E-state index in [2.05, 4.69) is 5.32 Å². The van der Waals surface area contributed by atoms with Gasteiger partial charge in [-0.3, -0.25) is 10.1 Å². The zero-order chi connectivity index (χ0) is 14.6. The highest BCUT2D eigenvalue weighted by molar-refractivity contribution is 7.92. The van der Waals surface area contributed by atoms with Crippen LogP contribution in [0.3, 0.4) is 0 Å². The first kappa shape index (κ1) is 14.8. The van der Waals surface area contributed by atoms with Crippen LogP contribution in [-0.4, -0.2) is 48.5 Å². The van der Waals surface area contributed by atoms with E-state index in [0.717, 1.165) is 12.8 Å². The van der Waals surface area contributed by atoms with E-state index < -0.39 is 14.6 Å². The Bertz CT molecular complexity index is 492. The zero-order valence-corrected chi connectivity index (χ0v) is 13.2. The van der Waals surface area contributed by atoms with Gasteiger partial charge in [0.1, 0.15) is 0 Å². The molecule has 6 heteroatoms. The lowest BCUT2D eigenvalue weighted by molar-refractivity contribution is -0.131. The summed E-state index contributed by atoms with van der Waals surface area (Å²) in [6.07, 6.45) is 2.91. The molecule has 1 unspecified atom stereocenters. The predicted molar refractivity (Wildman–Crippen MR) is 74.4 cm³/mol. The highest BCUT2D eigenvalue weighted by atomic mass is 32.2. The van der Waals surface area contributed by atoms with E-state index in [1.54, 1.807) is 18.7 Å². The lowest BCUT2D eigenvalue weighted by atomic mass is 10.1. The van der Waals surface area contributed by atoms with Crippen LogP contribution in [0.5, 0.6) is 0 Å². The van der Waals surface area contributed by atoms with E-state index in [0.29, 0.717) is 0 Å². The molecule has 1 heterocycles. The topological polar surface area (TPSA) is 66.5 Å². The first-order valence-corrected chi connectivity index (χ1v) is 8.68. The van der Waals surface area contributed by atoms with Crippen LogP contribution < -0.4 is 5.32 Å². The highest BCUT2D eigenvalue weighted by Crippen LogP contribution is 2.43. The average Bonchev–Trinajstić information content (AvgIpc) is 2.96. The molecular weight excluding hydrogens is 264 g/mol. The second-order valence-corrected chi connectivity index (χ2v) is 9.53. The predicted octanol–water partition coefficient (Wildman–Crippen LogP) is 0.756. The summed E-state index contributed by atoms with van der Waals surface area (Å²) >= 11 is 0. The SMILES string of the molecule is CC(C)C1NC2(CC2)C(=O)N1CC(C)(C)S(C)(=O)=O. The molecule has 1 aliphatic carbocycles. The fourth-order valence-electron chi connectivity index (χ4n) is 2.53. The number of carbonyl (C=O) groups is 1. The minimum Gasteiger partial charge on any atom is -0.324 e. The average molecular weight is 288 g/mol. The number of carbonyl (C=O) groups excluding carboxylic acids is 1. The summed E-state index contributed by atoms with van der Waals surface area (Å²) in [7, 11) is -3.20. The molecule has 0 aromatic heterocycles. The van der Waals surface area contributed by atoms with Crippen LogP contribution in [0.1, 0.15) is 40.5 Å². The van der Waals surface area contributed by atoms with Crippen molar-refractivity contribution in [2.75, 3.05) is 12.8 Å². The van der Waals surface area contributed by atoms with Gasteiger partial charge >= 0.3 is 0 Å². The molecule has 19 heavy (non-hydrogen) atoms. The molecule has 1 atom stereocenters. The van der Waals surface area contributed by atoms with Crippen molar-refractivity contribution in [3.8, 4) is 0 Å². The van der Waals surface area contributed by atoms with Crippen molar-refractivity contribution in [2.45, 2.75) is 57.0 Å². The molecule has 1 amide bonds. The quantitative estimate of drug-likeness (QED) is 0.829. The van der Waals surface area contributed by atoms with E-state index in [-0.39, 0.29) is 30.1 Å². The first-order valence-electron chi connectivity index (χ1n) is 6.79. The molecular formula is C13H24N2O3S. The van der Waals surface area contributed by atoms with E-state index in [1.165, 1.54) is 6.26 Å². The summed E-state index contributed by atoms with van der Waals surface area (Å²) in [6.45, 7) is 7.72. The molecule has 110 valence electrons. The molecule has 2 aliphatic rings. The van der Waals surface area contributed by atoms with E-state index in [9.17, 15) is 13.2 Å². The standard InChI is InChI=1S/C13H24N2O3S/c1-9(2)10-14-13(6-7-13)11(16)15(10)8-12(3,4)19(5,17)18/h9-10,14H,6-8H2,1-5H3. The molecule has 1 aliphatic heterocycles. The molecule has 1 N–H and O–H groups in total. The zero-order valence-electron chi connectivity index (χ0n) is 12.4. The van der Waals surface area contributed by atoms with Crippen molar-refractivity contribution in [1.29, 1.82) is 0 Å². The summed E-state index contributed by atoms with van der Waals surface area (Å²) in [4.78, 5) is 14.2. The van der Waals surface area contributed by atoms with Gasteiger partial charge in [-0.05, 0) is 32.6 Å². The largest absolute Gasteiger partial charge is 0.324 e. The summed E-state index contributed by atoms with van der Waals surface area (Å²) in [5.74, 6) is 0.335. The number of rotatable bonds is 4. The summed E-state index contributed by atoms with van der Waals surface area (Å²) in [5, 5.41) is 3.40. The molecule has 5 nitrogen and oxygen atoms in total. The number of sulfone groups is 1. The highest BCUT2D eigenvalue weighted by Gasteiger charge is 2.60. The molecule has 2 fully saturated rings. The Morgan fingerprint density at radius 1 is 1.42 bits per heavy atom. The van der Waals surface area contributed by atoms with Gasteiger partial charge in [0.15, 0.2) is 9.84 Å². The van der Waals surface area contributed by atoms with Crippen molar-refractivity contribution in [3.63, 3.8) is 0 Å². The minimum absolute atomic E-state index is 0.0592. The lowest BCUT2D eigenvalue weighted by Gasteiger charge is -2.33. The van der Waals surface area contributed by atoms with Gasteiger partial charge in [-0.2, -0.15) is 0 Å². The Hall–Kier alpha value is -0.620. The van der Waals surface area contributed by atoms with Gasteiger partial charge in [0.05, 0.1) is 16.5 Å². The molecule has 0 aromatic rings. The molecule has 1 spiro atoms. The van der Waals surface area contributed by atoms with Crippen LogP contribution >= 0.6 is 0 Å². The number of nitrogens with zero attached hydrogens (tertiary/aromatic N) is 1. The van der Waals surface area contributed by atoms with Gasteiger partial charge in [0.25, 0.3) is 0 Å². The Morgan fingerprint density at radius 3 is 2.32 bits per heavy atom. The number of hydrogen-bond donors (Lipinski definition) is 1. The van der Waals surface area contributed by atoms with Crippen molar-refractivity contribution < 1.29 is 13.2 Å². The maximum atomic E-state index is 12.5. The maximum Gasteiger partial charge on any atom is 0.244 e. The Balaban J connectivity index is 2.25.